The zero-order chi connectivity index (χ0) is 28.0. The molecule has 0 fully saturated rings. The number of primary amides is 1. The van der Waals surface area contributed by atoms with Gasteiger partial charge in [-0.3, -0.25) is 9.59 Å². The summed E-state index contributed by atoms with van der Waals surface area (Å²) in [6.07, 6.45) is 14.2. The van der Waals surface area contributed by atoms with E-state index in [0.29, 0.717) is 19.4 Å². The summed E-state index contributed by atoms with van der Waals surface area (Å²) in [5.41, 5.74) is 5.41. The molecule has 5 N–H and O–H groups in total. The maximum absolute atomic E-state index is 12.6. The molecule has 0 unspecified atom stereocenters. The van der Waals surface area contributed by atoms with Gasteiger partial charge in [-0.1, -0.05) is 63.6 Å². The van der Waals surface area contributed by atoms with E-state index < -0.39 is 29.4 Å². The molecule has 0 saturated heterocycles. The van der Waals surface area contributed by atoms with Crippen molar-refractivity contribution in [3.8, 4) is 0 Å². The van der Waals surface area contributed by atoms with E-state index >= 15 is 0 Å². The van der Waals surface area contributed by atoms with E-state index in [4.69, 9.17) is 15.2 Å². The largest absolute Gasteiger partial charge is 0.490 e. The zero-order valence-electron chi connectivity index (χ0n) is 22.5. The maximum Gasteiger partial charge on any atom is 0.373 e. The molecule has 0 aliphatic carbocycles. The highest BCUT2D eigenvalue weighted by atomic mass is 16.6. The highest BCUT2D eigenvalue weighted by Gasteiger charge is 2.32. The molecule has 0 aromatic carbocycles. The molecule has 0 spiro atoms. The molecule has 37 heavy (non-hydrogen) atoms. The molecular formula is C27H40N4O6. The van der Waals surface area contributed by atoms with Crippen LogP contribution < -0.4 is 21.7 Å². The SMILES string of the molecule is COC1=CC[C@@H]([C@@H](C)/C=C(C)/C=C\C=C/C(=O)N[C@H](C(=O)N/C=C\CCNC(N)=O)C(C)(C)C)OC1=O. The van der Waals surface area contributed by atoms with Gasteiger partial charge in [-0.15, -0.1) is 0 Å². The minimum atomic E-state index is -0.768. The first-order valence-corrected chi connectivity index (χ1v) is 12.1. The van der Waals surface area contributed by atoms with Gasteiger partial charge in [-0.25, -0.2) is 9.59 Å². The molecule has 1 rings (SSSR count). The number of methoxy groups -OCH3 is 1. The molecule has 0 aromatic heterocycles. The lowest BCUT2D eigenvalue weighted by Crippen LogP contribution is -2.52. The summed E-state index contributed by atoms with van der Waals surface area (Å²) in [5.74, 6) is -0.997. The van der Waals surface area contributed by atoms with Gasteiger partial charge in [-0.05, 0) is 31.0 Å². The molecule has 10 heteroatoms. The summed E-state index contributed by atoms with van der Waals surface area (Å²) in [6, 6.07) is -1.38. The Morgan fingerprint density at radius 1 is 1.24 bits per heavy atom. The monoisotopic (exact) mass is 516 g/mol. The second kappa shape index (κ2) is 15.3. The van der Waals surface area contributed by atoms with E-state index in [1.54, 1.807) is 24.3 Å². The Bertz CT molecular complexity index is 972. The summed E-state index contributed by atoms with van der Waals surface area (Å²) in [7, 11) is 1.44. The van der Waals surface area contributed by atoms with Gasteiger partial charge in [0.1, 0.15) is 12.1 Å². The predicted molar refractivity (Wildman–Crippen MR) is 142 cm³/mol. The number of esters is 1. The summed E-state index contributed by atoms with van der Waals surface area (Å²) in [6.45, 7) is 9.80. The van der Waals surface area contributed by atoms with E-state index in [2.05, 4.69) is 16.0 Å². The van der Waals surface area contributed by atoms with Gasteiger partial charge in [0.15, 0.2) is 5.76 Å². The van der Waals surface area contributed by atoms with Crippen LogP contribution in [0.4, 0.5) is 4.79 Å². The molecular weight excluding hydrogens is 476 g/mol. The van der Waals surface area contributed by atoms with E-state index in [9.17, 15) is 19.2 Å². The number of hydrogen-bond donors (Lipinski definition) is 4. The minimum absolute atomic E-state index is 0.00458. The maximum atomic E-state index is 12.6. The minimum Gasteiger partial charge on any atom is -0.490 e. The second-order valence-electron chi connectivity index (χ2n) is 9.74. The standard InChI is InChI=1S/C27H40N4O6/c1-18(17-19(2)20-13-14-21(36-6)25(34)37-20)11-7-8-12-22(32)31-23(27(3,4)5)24(33)29-15-9-10-16-30-26(28)35/h7-9,11-12,14-15,17,19-20,23H,10,13,16H2,1-6H3,(H,29,33)(H,31,32)(H3,28,30,35)/b11-7-,12-8-,15-9-,18-17+/t19-,20-,23+/m0/s1. The van der Waals surface area contributed by atoms with Crippen LogP contribution in [0.1, 0.15) is 47.5 Å². The predicted octanol–water partition coefficient (Wildman–Crippen LogP) is 2.75. The highest BCUT2D eigenvalue weighted by Crippen LogP contribution is 2.23. The Morgan fingerprint density at radius 2 is 1.92 bits per heavy atom. The number of nitrogens with one attached hydrogen (secondary N) is 3. The van der Waals surface area contributed by atoms with Crippen molar-refractivity contribution in [2.75, 3.05) is 13.7 Å². The van der Waals surface area contributed by atoms with E-state index in [-0.39, 0.29) is 23.7 Å². The van der Waals surface area contributed by atoms with Gasteiger partial charge in [0, 0.05) is 25.0 Å². The third-order valence-electron chi connectivity index (χ3n) is 5.41. The van der Waals surface area contributed by atoms with Gasteiger partial charge < -0.3 is 31.2 Å². The fourth-order valence-electron chi connectivity index (χ4n) is 3.42. The number of carbonyl (C=O) groups is 4. The number of carbonyl (C=O) groups excluding carboxylic acids is 4. The molecule has 3 atom stereocenters. The van der Waals surface area contributed by atoms with Crippen LogP contribution in [0.5, 0.6) is 0 Å². The molecule has 10 nitrogen and oxygen atoms in total. The molecule has 0 aromatic rings. The number of hydrogen-bond acceptors (Lipinski definition) is 6. The van der Waals surface area contributed by atoms with Crippen LogP contribution in [0, 0.1) is 11.3 Å². The number of amides is 4. The third-order valence-corrected chi connectivity index (χ3v) is 5.41. The van der Waals surface area contributed by atoms with Crippen molar-refractivity contribution in [1.29, 1.82) is 0 Å². The first-order chi connectivity index (χ1) is 17.3. The van der Waals surface area contributed by atoms with Crippen LogP contribution in [-0.2, 0) is 23.9 Å². The normalized spacial score (nSPS) is 18.3. The Morgan fingerprint density at radius 3 is 2.51 bits per heavy atom. The van der Waals surface area contributed by atoms with Crippen molar-refractivity contribution in [2.45, 2.75) is 59.6 Å². The van der Waals surface area contributed by atoms with Gasteiger partial charge in [0.05, 0.1) is 7.11 Å². The number of cyclic esters (lactones) is 1. The van der Waals surface area contributed by atoms with Gasteiger partial charge in [0.25, 0.3) is 0 Å². The third kappa shape index (κ3) is 12.1. The first-order valence-electron chi connectivity index (χ1n) is 12.1. The lowest BCUT2D eigenvalue weighted by Gasteiger charge is -2.29. The van der Waals surface area contributed by atoms with Crippen molar-refractivity contribution in [3.63, 3.8) is 0 Å². The van der Waals surface area contributed by atoms with Crippen LogP contribution in [0.15, 0.2) is 60.1 Å². The first kappa shape index (κ1) is 31.2. The number of rotatable bonds is 12. The van der Waals surface area contributed by atoms with Gasteiger partial charge in [-0.2, -0.15) is 0 Å². The van der Waals surface area contributed by atoms with Gasteiger partial charge in [0.2, 0.25) is 11.8 Å². The average Bonchev–Trinajstić information content (AvgIpc) is 2.81. The van der Waals surface area contributed by atoms with Crippen molar-refractivity contribution in [2.24, 2.45) is 17.1 Å². The molecule has 0 saturated carbocycles. The molecule has 0 bridgehead atoms. The molecule has 1 aliphatic rings. The number of ether oxygens (including phenoxy) is 2. The zero-order valence-corrected chi connectivity index (χ0v) is 22.5. The Labute approximate surface area is 219 Å². The van der Waals surface area contributed by atoms with Crippen LogP contribution in [0.25, 0.3) is 0 Å². The fourth-order valence-corrected chi connectivity index (χ4v) is 3.42. The molecule has 204 valence electrons. The summed E-state index contributed by atoms with van der Waals surface area (Å²) >= 11 is 0. The molecule has 1 heterocycles. The molecule has 1 aliphatic heterocycles. The van der Waals surface area contributed by atoms with Crippen LogP contribution in [-0.4, -0.2) is 49.6 Å². The van der Waals surface area contributed by atoms with E-state index in [1.165, 1.54) is 19.4 Å². The Hall–Kier alpha value is -3.82. The van der Waals surface area contributed by atoms with Crippen molar-refractivity contribution in [1.82, 2.24) is 16.0 Å². The van der Waals surface area contributed by atoms with Crippen molar-refractivity contribution < 1.29 is 28.7 Å². The quantitative estimate of drug-likeness (QED) is 0.136. The van der Waals surface area contributed by atoms with Crippen LogP contribution in [0.3, 0.4) is 0 Å². The lowest BCUT2D eigenvalue weighted by molar-refractivity contribution is -0.151. The van der Waals surface area contributed by atoms with Crippen LogP contribution >= 0.6 is 0 Å². The van der Waals surface area contributed by atoms with Crippen molar-refractivity contribution >= 4 is 23.8 Å². The second-order valence-corrected chi connectivity index (χ2v) is 9.74. The van der Waals surface area contributed by atoms with Crippen LogP contribution in [0.2, 0.25) is 0 Å². The lowest BCUT2D eigenvalue weighted by atomic mass is 9.86. The smallest absolute Gasteiger partial charge is 0.373 e. The number of allylic oxidation sites excluding steroid dienone is 4. The topological polar surface area (TPSA) is 149 Å². The molecule has 0 radical (unpaired) electrons. The average molecular weight is 517 g/mol. The molecule has 4 amide bonds. The van der Waals surface area contributed by atoms with E-state index in [0.717, 1.165) is 5.57 Å². The van der Waals surface area contributed by atoms with Gasteiger partial charge >= 0.3 is 12.0 Å². The summed E-state index contributed by atoms with van der Waals surface area (Å²) in [5, 5.41) is 7.84. The van der Waals surface area contributed by atoms with E-state index in [1.807, 2.05) is 46.8 Å². The highest BCUT2D eigenvalue weighted by molar-refractivity contribution is 5.93. The van der Waals surface area contributed by atoms with Crippen molar-refractivity contribution in [3.05, 3.63) is 60.1 Å². The Balaban J connectivity index is 2.62. The summed E-state index contributed by atoms with van der Waals surface area (Å²) in [4.78, 5) is 47.5. The number of nitrogens with two attached hydrogens (primary N) is 1. The number of urea groups is 1. The fraction of sp³-hybridized carbons (Fsp3) is 0.481. The summed E-state index contributed by atoms with van der Waals surface area (Å²) < 4.78 is 10.4. The Kier molecular flexibility index (Phi) is 12.9.